The minimum atomic E-state index is -0.0481. The molecule has 0 aliphatic carbocycles. The molecule has 0 radical (unpaired) electrons. The standard InChI is InChI=1S/C14H16N2OS/c1-15-14(17)12-6-4-11(5-7-12)9-16-10-13-3-2-8-18-13/h2-8,16H,9-10H2,1H3,(H,15,17). The molecular weight excluding hydrogens is 244 g/mol. The Hall–Kier alpha value is -1.65. The Morgan fingerprint density at radius 2 is 1.94 bits per heavy atom. The number of hydrogen-bond donors (Lipinski definition) is 2. The highest BCUT2D eigenvalue weighted by atomic mass is 32.1. The van der Waals surface area contributed by atoms with Crippen molar-refractivity contribution in [3.05, 3.63) is 57.8 Å². The van der Waals surface area contributed by atoms with Gasteiger partial charge in [-0.2, -0.15) is 0 Å². The van der Waals surface area contributed by atoms with Crippen LogP contribution in [0, 0.1) is 0 Å². The molecule has 0 aliphatic rings. The molecule has 0 spiro atoms. The first-order valence-corrected chi connectivity index (χ1v) is 6.71. The zero-order valence-electron chi connectivity index (χ0n) is 10.3. The summed E-state index contributed by atoms with van der Waals surface area (Å²) in [5.41, 5.74) is 1.87. The number of benzene rings is 1. The van der Waals surface area contributed by atoms with E-state index >= 15 is 0 Å². The van der Waals surface area contributed by atoms with Crippen LogP contribution in [0.15, 0.2) is 41.8 Å². The van der Waals surface area contributed by atoms with Crippen molar-refractivity contribution in [2.75, 3.05) is 7.05 Å². The molecule has 4 heteroatoms. The molecule has 0 aliphatic heterocycles. The maximum atomic E-state index is 11.4. The lowest BCUT2D eigenvalue weighted by Crippen LogP contribution is -2.18. The third kappa shape index (κ3) is 3.42. The lowest BCUT2D eigenvalue weighted by molar-refractivity contribution is 0.0963. The molecule has 94 valence electrons. The average Bonchev–Trinajstić information content (AvgIpc) is 2.92. The van der Waals surface area contributed by atoms with Crippen molar-refractivity contribution in [1.82, 2.24) is 10.6 Å². The van der Waals surface area contributed by atoms with Crippen molar-refractivity contribution in [2.24, 2.45) is 0 Å². The zero-order valence-corrected chi connectivity index (χ0v) is 11.1. The fourth-order valence-electron chi connectivity index (χ4n) is 1.66. The number of amides is 1. The third-order valence-electron chi connectivity index (χ3n) is 2.65. The van der Waals surface area contributed by atoms with Crippen molar-refractivity contribution in [1.29, 1.82) is 0 Å². The minimum Gasteiger partial charge on any atom is -0.355 e. The van der Waals surface area contributed by atoms with E-state index in [4.69, 9.17) is 0 Å². The van der Waals surface area contributed by atoms with E-state index in [9.17, 15) is 4.79 Å². The average molecular weight is 260 g/mol. The van der Waals surface area contributed by atoms with Crippen molar-refractivity contribution in [3.8, 4) is 0 Å². The van der Waals surface area contributed by atoms with Crippen LogP contribution in [0.2, 0.25) is 0 Å². The van der Waals surface area contributed by atoms with Gasteiger partial charge in [-0.25, -0.2) is 0 Å². The molecule has 0 atom stereocenters. The Kier molecular flexibility index (Phi) is 4.50. The van der Waals surface area contributed by atoms with Gasteiger partial charge in [-0.15, -0.1) is 11.3 Å². The quantitative estimate of drug-likeness (QED) is 0.866. The molecule has 0 bridgehead atoms. The van der Waals surface area contributed by atoms with E-state index in [1.807, 2.05) is 24.3 Å². The van der Waals surface area contributed by atoms with Crippen LogP contribution in [0.4, 0.5) is 0 Å². The Labute approximate surface area is 111 Å². The molecule has 1 aromatic carbocycles. The van der Waals surface area contributed by atoms with Crippen LogP contribution in [-0.4, -0.2) is 13.0 Å². The molecule has 0 saturated carbocycles. The first-order valence-electron chi connectivity index (χ1n) is 5.83. The second-order valence-electron chi connectivity index (χ2n) is 3.96. The topological polar surface area (TPSA) is 41.1 Å². The first-order chi connectivity index (χ1) is 8.79. The maximum Gasteiger partial charge on any atom is 0.251 e. The SMILES string of the molecule is CNC(=O)c1ccc(CNCc2cccs2)cc1. The summed E-state index contributed by atoms with van der Waals surface area (Å²) in [5, 5.41) is 8.06. The van der Waals surface area contributed by atoms with E-state index in [-0.39, 0.29) is 5.91 Å². The van der Waals surface area contributed by atoms with Gasteiger partial charge in [0.25, 0.3) is 5.91 Å². The highest BCUT2D eigenvalue weighted by Gasteiger charge is 2.02. The smallest absolute Gasteiger partial charge is 0.251 e. The van der Waals surface area contributed by atoms with E-state index in [1.54, 1.807) is 18.4 Å². The molecular formula is C14H16N2OS. The minimum absolute atomic E-state index is 0.0481. The lowest BCUT2D eigenvalue weighted by atomic mass is 10.1. The Morgan fingerprint density at radius 3 is 2.56 bits per heavy atom. The van der Waals surface area contributed by atoms with Gasteiger partial charge in [-0.05, 0) is 29.1 Å². The molecule has 0 saturated heterocycles. The largest absolute Gasteiger partial charge is 0.355 e. The van der Waals surface area contributed by atoms with Gasteiger partial charge in [0.15, 0.2) is 0 Å². The number of thiophene rings is 1. The van der Waals surface area contributed by atoms with Gasteiger partial charge in [-0.1, -0.05) is 18.2 Å². The number of rotatable bonds is 5. The van der Waals surface area contributed by atoms with Gasteiger partial charge < -0.3 is 10.6 Å². The predicted octanol–water partition coefficient (Wildman–Crippen LogP) is 2.40. The fraction of sp³-hybridized carbons (Fsp3) is 0.214. The molecule has 3 nitrogen and oxygen atoms in total. The molecule has 1 heterocycles. The zero-order chi connectivity index (χ0) is 12.8. The van der Waals surface area contributed by atoms with Crippen LogP contribution >= 0.6 is 11.3 Å². The van der Waals surface area contributed by atoms with Crippen LogP contribution in [0.1, 0.15) is 20.8 Å². The summed E-state index contributed by atoms with van der Waals surface area (Å²) in [6.07, 6.45) is 0. The van der Waals surface area contributed by atoms with Crippen molar-refractivity contribution >= 4 is 17.2 Å². The Balaban J connectivity index is 1.85. The van der Waals surface area contributed by atoms with E-state index < -0.39 is 0 Å². The van der Waals surface area contributed by atoms with E-state index in [0.717, 1.165) is 13.1 Å². The molecule has 0 unspecified atom stereocenters. The summed E-state index contributed by atoms with van der Waals surface area (Å²) >= 11 is 1.75. The van der Waals surface area contributed by atoms with Gasteiger partial charge in [-0.3, -0.25) is 4.79 Å². The van der Waals surface area contributed by atoms with Crippen molar-refractivity contribution in [3.63, 3.8) is 0 Å². The van der Waals surface area contributed by atoms with Crippen molar-refractivity contribution in [2.45, 2.75) is 13.1 Å². The van der Waals surface area contributed by atoms with E-state index in [1.165, 1.54) is 10.4 Å². The second-order valence-corrected chi connectivity index (χ2v) is 4.99. The van der Waals surface area contributed by atoms with Gasteiger partial charge in [0.2, 0.25) is 0 Å². The normalized spacial score (nSPS) is 10.3. The molecule has 18 heavy (non-hydrogen) atoms. The summed E-state index contributed by atoms with van der Waals surface area (Å²) in [6, 6.07) is 11.8. The number of carbonyl (C=O) groups is 1. The Morgan fingerprint density at radius 1 is 1.17 bits per heavy atom. The number of hydrogen-bond acceptors (Lipinski definition) is 3. The summed E-state index contributed by atoms with van der Waals surface area (Å²) in [7, 11) is 1.64. The summed E-state index contributed by atoms with van der Waals surface area (Å²) in [6.45, 7) is 1.70. The van der Waals surface area contributed by atoms with Crippen LogP contribution in [0.25, 0.3) is 0 Å². The summed E-state index contributed by atoms with van der Waals surface area (Å²) < 4.78 is 0. The molecule has 1 amide bonds. The monoisotopic (exact) mass is 260 g/mol. The van der Waals surface area contributed by atoms with Crippen LogP contribution < -0.4 is 10.6 Å². The predicted molar refractivity (Wildman–Crippen MR) is 74.7 cm³/mol. The Bertz CT molecular complexity index is 491. The third-order valence-corrected chi connectivity index (χ3v) is 3.53. The van der Waals surface area contributed by atoms with Gasteiger partial charge in [0.05, 0.1) is 0 Å². The van der Waals surface area contributed by atoms with Gasteiger partial charge in [0.1, 0.15) is 0 Å². The molecule has 2 N–H and O–H groups in total. The van der Waals surface area contributed by atoms with E-state index in [0.29, 0.717) is 5.56 Å². The molecule has 0 fully saturated rings. The number of carbonyl (C=O) groups excluding carboxylic acids is 1. The summed E-state index contributed by atoms with van der Waals surface area (Å²) in [4.78, 5) is 12.7. The van der Waals surface area contributed by atoms with E-state index in [2.05, 4.69) is 28.1 Å². The molecule has 2 aromatic rings. The van der Waals surface area contributed by atoms with Gasteiger partial charge >= 0.3 is 0 Å². The highest BCUT2D eigenvalue weighted by Crippen LogP contribution is 2.08. The van der Waals surface area contributed by atoms with Crippen molar-refractivity contribution < 1.29 is 4.79 Å². The van der Waals surface area contributed by atoms with Crippen LogP contribution in [-0.2, 0) is 13.1 Å². The summed E-state index contributed by atoms with van der Waals surface area (Å²) in [5.74, 6) is -0.0481. The van der Waals surface area contributed by atoms with Crippen LogP contribution in [0.3, 0.4) is 0 Å². The first kappa shape index (κ1) is 12.8. The molecule has 2 rings (SSSR count). The maximum absolute atomic E-state index is 11.4. The highest BCUT2D eigenvalue weighted by molar-refractivity contribution is 7.09. The molecule has 1 aromatic heterocycles. The second kappa shape index (κ2) is 6.33. The lowest BCUT2D eigenvalue weighted by Gasteiger charge is -2.05. The van der Waals surface area contributed by atoms with Gasteiger partial charge in [0, 0.05) is 30.6 Å². The fourth-order valence-corrected chi connectivity index (χ4v) is 2.34. The number of nitrogens with one attached hydrogen (secondary N) is 2. The van der Waals surface area contributed by atoms with Crippen LogP contribution in [0.5, 0.6) is 0 Å².